The summed E-state index contributed by atoms with van der Waals surface area (Å²) >= 11 is 3.37. The first-order chi connectivity index (χ1) is 14.5. The van der Waals surface area contributed by atoms with E-state index in [2.05, 4.69) is 15.9 Å². The third kappa shape index (κ3) is 4.48. The molecule has 2 aliphatic heterocycles. The number of carbonyl (C=O) groups excluding carboxylic acids is 1. The molecule has 0 radical (unpaired) electrons. The second kappa shape index (κ2) is 9.20. The molecule has 0 N–H and O–H groups in total. The maximum Gasteiger partial charge on any atom is 0.243 e. The van der Waals surface area contributed by atoms with E-state index in [0.29, 0.717) is 13.0 Å². The van der Waals surface area contributed by atoms with E-state index >= 15 is 0 Å². The van der Waals surface area contributed by atoms with Gasteiger partial charge in [-0.15, -0.1) is 0 Å². The van der Waals surface area contributed by atoms with Gasteiger partial charge in [0.1, 0.15) is 0 Å². The van der Waals surface area contributed by atoms with Gasteiger partial charge < -0.3 is 4.90 Å². The average Bonchev–Trinajstić information content (AvgIpc) is 3.04. The van der Waals surface area contributed by atoms with Crippen LogP contribution in [0, 0.1) is 0 Å². The van der Waals surface area contributed by atoms with E-state index in [1.165, 1.54) is 4.31 Å². The summed E-state index contributed by atoms with van der Waals surface area (Å²) in [6.07, 6.45) is 5.19. The van der Waals surface area contributed by atoms with Gasteiger partial charge >= 0.3 is 0 Å². The first-order valence-electron chi connectivity index (χ1n) is 10.6. The average molecular weight is 491 g/mol. The third-order valence-electron chi connectivity index (χ3n) is 6.11. The summed E-state index contributed by atoms with van der Waals surface area (Å²) in [5, 5.41) is 0. The van der Waals surface area contributed by atoms with E-state index in [0.717, 1.165) is 54.4 Å². The van der Waals surface area contributed by atoms with Crippen molar-refractivity contribution in [3.8, 4) is 0 Å². The molecular weight excluding hydrogens is 464 g/mol. The number of amides is 1. The smallest absolute Gasteiger partial charge is 0.243 e. The minimum Gasteiger partial charge on any atom is -0.343 e. The van der Waals surface area contributed by atoms with Crippen molar-refractivity contribution in [1.82, 2.24) is 9.21 Å². The summed E-state index contributed by atoms with van der Waals surface area (Å²) < 4.78 is 29.4. The maximum atomic E-state index is 13.5. The zero-order valence-electron chi connectivity index (χ0n) is 17.0. The van der Waals surface area contributed by atoms with Gasteiger partial charge in [0.15, 0.2) is 0 Å². The molecule has 7 heteroatoms. The number of rotatable bonds is 4. The summed E-state index contributed by atoms with van der Waals surface area (Å²) in [7, 11) is -3.71. The second-order valence-corrected chi connectivity index (χ2v) is 10.8. The van der Waals surface area contributed by atoms with Crippen molar-refractivity contribution in [2.24, 2.45) is 0 Å². The fraction of sp³-hybridized carbons (Fsp3) is 0.435. The monoisotopic (exact) mass is 490 g/mol. The van der Waals surface area contributed by atoms with Gasteiger partial charge in [0.05, 0.1) is 10.9 Å². The Labute approximate surface area is 187 Å². The third-order valence-corrected chi connectivity index (χ3v) is 8.56. The Kier molecular flexibility index (Phi) is 6.60. The highest BCUT2D eigenvalue weighted by atomic mass is 79.9. The van der Waals surface area contributed by atoms with E-state index in [4.69, 9.17) is 0 Å². The number of halogens is 1. The molecule has 1 fully saturated rings. The maximum absolute atomic E-state index is 13.5. The number of hydrogen-bond acceptors (Lipinski definition) is 3. The molecule has 0 spiro atoms. The van der Waals surface area contributed by atoms with Crippen LogP contribution in [-0.4, -0.2) is 43.2 Å². The fourth-order valence-corrected chi connectivity index (χ4v) is 6.35. The van der Waals surface area contributed by atoms with Crippen molar-refractivity contribution in [3.63, 3.8) is 0 Å². The number of hydrogen-bond donors (Lipinski definition) is 0. The highest BCUT2D eigenvalue weighted by molar-refractivity contribution is 9.10. The molecule has 5 nitrogen and oxygen atoms in total. The molecule has 2 aliphatic rings. The lowest BCUT2D eigenvalue weighted by atomic mass is 9.92. The lowest BCUT2D eigenvalue weighted by Gasteiger charge is -2.37. The number of sulfonamides is 1. The molecule has 0 aliphatic carbocycles. The van der Waals surface area contributed by atoms with Gasteiger partial charge in [0, 0.05) is 30.5 Å². The van der Waals surface area contributed by atoms with Gasteiger partial charge in [-0.3, -0.25) is 4.79 Å². The highest BCUT2D eigenvalue weighted by Gasteiger charge is 2.38. The number of benzene rings is 2. The molecule has 0 saturated carbocycles. The van der Waals surface area contributed by atoms with Crippen LogP contribution in [0.2, 0.25) is 0 Å². The molecule has 1 saturated heterocycles. The van der Waals surface area contributed by atoms with Crippen LogP contribution in [-0.2, 0) is 21.2 Å². The zero-order chi connectivity index (χ0) is 21.1. The van der Waals surface area contributed by atoms with Gasteiger partial charge in [-0.25, -0.2) is 8.42 Å². The molecular formula is C23H27BrN2O3S. The van der Waals surface area contributed by atoms with Crippen molar-refractivity contribution in [3.05, 3.63) is 64.1 Å². The van der Waals surface area contributed by atoms with Crippen molar-refractivity contribution in [2.75, 3.05) is 19.6 Å². The van der Waals surface area contributed by atoms with Crippen molar-refractivity contribution < 1.29 is 13.2 Å². The molecule has 160 valence electrons. The van der Waals surface area contributed by atoms with Crippen LogP contribution in [0.3, 0.4) is 0 Å². The Hall–Kier alpha value is -1.70. The summed E-state index contributed by atoms with van der Waals surface area (Å²) in [5.41, 5.74) is 2.08. The zero-order valence-corrected chi connectivity index (χ0v) is 19.4. The van der Waals surface area contributed by atoms with Gasteiger partial charge in [-0.05, 0) is 54.7 Å². The number of carbonyl (C=O) groups is 1. The van der Waals surface area contributed by atoms with E-state index in [9.17, 15) is 13.2 Å². The van der Waals surface area contributed by atoms with Crippen molar-refractivity contribution >= 4 is 31.9 Å². The predicted octanol–water partition coefficient (Wildman–Crippen LogP) is 4.53. The van der Waals surface area contributed by atoms with E-state index in [1.54, 1.807) is 24.3 Å². The van der Waals surface area contributed by atoms with Crippen LogP contribution in [0.15, 0.2) is 57.9 Å². The SMILES string of the molecule is O=C(C[C@H]1c2ccccc2CCN1S(=O)(=O)c1ccc(Br)cc1)N1CCCCCC1. The molecule has 2 aromatic rings. The molecule has 0 bridgehead atoms. The molecule has 1 amide bonds. The summed E-state index contributed by atoms with van der Waals surface area (Å²) in [6.45, 7) is 1.92. The van der Waals surface area contributed by atoms with Crippen LogP contribution < -0.4 is 0 Å². The summed E-state index contributed by atoms with van der Waals surface area (Å²) in [4.78, 5) is 15.4. The topological polar surface area (TPSA) is 57.7 Å². The minimum absolute atomic E-state index is 0.0506. The van der Waals surface area contributed by atoms with Crippen LogP contribution >= 0.6 is 15.9 Å². The van der Waals surface area contributed by atoms with E-state index in [1.807, 2.05) is 29.2 Å². The van der Waals surface area contributed by atoms with Crippen molar-refractivity contribution in [1.29, 1.82) is 0 Å². The van der Waals surface area contributed by atoms with Crippen LogP contribution in [0.1, 0.15) is 49.3 Å². The molecule has 2 heterocycles. The molecule has 0 aromatic heterocycles. The molecule has 0 unspecified atom stereocenters. The van der Waals surface area contributed by atoms with Crippen LogP contribution in [0.5, 0.6) is 0 Å². The summed E-state index contributed by atoms with van der Waals surface area (Å²) in [5.74, 6) is 0.0506. The van der Waals surface area contributed by atoms with E-state index in [-0.39, 0.29) is 17.2 Å². The largest absolute Gasteiger partial charge is 0.343 e. The molecule has 4 rings (SSSR count). The fourth-order valence-electron chi connectivity index (χ4n) is 4.48. The van der Waals surface area contributed by atoms with Gasteiger partial charge in [-0.1, -0.05) is 53.0 Å². The Morgan fingerprint density at radius 2 is 1.60 bits per heavy atom. The highest BCUT2D eigenvalue weighted by Crippen LogP contribution is 2.37. The normalized spacial score (nSPS) is 20.4. The van der Waals surface area contributed by atoms with Crippen LogP contribution in [0.4, 0.5) is 0 Å². The predicted molar refractivity (Wildman–Crippen MR) is 121 cm³/mol. The van der Waals surface area contributed by atoms with Gasteiger partial charge in [0.2, 0.25) is 15.9 Å². The minimum atomic E-state index is -3.71. The summed E-state index contributed by atoms with van der Waals surface area (Å²) in [6, 6.07) is 14.2. The lowest BCUT2D eigenvalue weighted by molar-refractivity contribution is -0.132. The molecule has 2 aromatic carbocycles. The van der Waals surface area contributed by atoms with Gasteiger partial charge in [-0.2, -0.15) is 4.31 Å². The number of fused-ring (bicyclic) bond motifs is 1. The molecule has 1 atom stereocenters. The standard InChI is InChI=1S/C23H27BrN2O3S/c24-19-9-11-20(12-10-19)30(28,29)26-16-13-18-7-3-4-8-21(18)22(26)17-23(27)25-14-5-1-2-6-15-25/h3-4,7-12,22H,1-2,5-6,13-17H2/t22-/m0/s1. The number of likely N-dealkylation sites (tertiary alicyclic amines) is 1. The Balaban J connectivity index is 1.67. The Morgan fingerprint density at radius 1 is 0.933 bits per heavy atom. The Bertz CT molecular complexity index is 999. The second-order valence-electron chi connectivity index (χ2n) is 8.03. The molecule has 30 heavy (non-hydrogen) atoms. The lowest BCUT2D eigenvalue weighted by Crippen LogP contribution is -2.43. The van der Waals surface area contributed by atoms with E-state index < -0.39 is 16.1 Å². The first kappa shape index (κ1) is 21.5. The first-order valence-corrected chi connectivity index (χ1v) is 12.8. The quantitative estimate of drug-likeness (QED) is 0.632. The number of nitrogens with zero attached hydrogens (tertiary/aromatic N) is 2. The van der Waals surface area contributed by atoms with Crippen LogP contribution in [0.25, 0.3) is 0 Å². The van der Waals surface area contributed by atoms with Gasteiger partial charge in [0.25, 0.3) is 0 Å². The Morgan fingerprint density at radius 3 is 2.30 bits per heavy atom. The van der Waals surface area contributed by atoms with Crippen molar-refractivity contribution in [2.45, 2.75) is 49.5 Å².